The van der Waals surface area contributed by atoms with E-state index in [9.17, 15) is 4.79 Å². The Hall–Kier alpha value is -2.57. The maximum absolute atomic E-state index is 11.7. The second kappa shape index (κ2) is 8.33. The number of aliphatic imine (C=N–C) groups is 1. The van der Waals surface area contributed by atoms with Crippen LogP contribution in [0.2, 0.25) is 0 Å². The van der Waals surface area contributed by atoms with Crippen LogP contribution in [0, 0.1) is 0 Å². The van der Waals surface area contributed by atoms with E-state index in [1.54, 1.807) is 0 Å². The van der Waals surface area contributed by atoms with Gasteiger partial charge in [0.2, 0.25) is 5.96 Å². The molecule has 1 aliphatic rings. The second-order valence-corrected chi connectivity index (χ2v) is 5.25. The Morgan fingerprint density at radius 2 is 1.79 bits per heavy atom. The molecule has 1 atom stereocenters. The molecule has 1 amide bonds. The zero-order valence-corrected chi connectivity index (χ0v) is 13.8. The molecule has 0 aliphatic carbocycles. The number of carbonyl (C=O) groups excluding carboxylic acids is 1. The number of nitrogens with zero attached hydrogens (tertiary/aromatic N) is 1. The van der Waals surface area contributed by atoms with Crippen molar-refractivity contribution >= 4 is 24.3 Å². The van der Waals surface area contributed by atoms with Crippen molar-refractivity contribution in [2.24, 2.45) is 10.8 Å². The quantitative estimate of drug-likeness (QED) is 0.566. The van der Waals surface area contributed by atoms with E-state index in [0.717, 1.165) is 16.9 Å². The van der Waals surface area contributed by atoms with Crippen molar-refractivity contribution in [2.45, 2.75) is 19.1 Å². The van der Waals surface area contributed by atoms with E-state index in [4.69, 9.17) is 10.6 Å². The van der Waals surface area contributed by atoms with E-state index in [1.807, 2.05) is 54.6 Å². The van der Waals surface area contributed by atoms with Crippen molar-refractivity contribution in [2.75, 3.05) is 0 Å². The third-order valence-corrected chi connectivity index (χ3v) is 3.57. The minimum Gasteiger partial charge on any atom is -0.489 e. The molecular weight excluding hydrogens is 328 g/mol. The lowest BCUT2D eigenvalue weighted by Crippen LogP contribution is -2.41. The van der Waals surface area contributed by atoms with Crippen molar-refractivity contribution < 1.29 is 9.53 Å². The van der Waals surface area contributed by atoms with E-state index in [0.29, 0.717) is 19.0 Å². The molecule has 0 spiro atoms. The van der Waals surface area contributed by atoms with E-state index >= 15 is 0 Å². The first-order valence-corrected chi connectivity index (χ1v) is 7.35. The Kier molecular flexibility index (Phi) is 6.17. The van der Waals surface area contributed by atoms with Gasteiger partial charge in [0, 0.05) is 6.42 Å². The first kappa shape index (κ1) is 17.8. The number of hydrogen-bond acceptors (Lipinski definition) is 5. The Morgan fingerprint density at radius 3 is 2.42 bits per heavy atom. The first-order valence-electron chi connectivity index (χ1n) is 7.35. The molecule has 126 valence electrons. The summed E-state index contributed by atoms with van der Waals surface area (Å²) >= 11 is 0. The third-order valence-electron chi connectivity index (χ3n) is 3.57. The molecule has 0 saturated carbocycles. The number of ether oxygens (including phenoxy) is 1. The average molecular weight is 347 g/mol. The lowest BCUT2D eigenvalue weighted by molar-refractivity contribution is -0.120. The Morgan fingerprint density at radius 1 is 1.08 bits per heavy atom. The zero-order chi connectivity index (χ0) is 16.1. The van der Waals surface area contributed by atoms with Crippen LogP contribution in [0.4, 0.5) is 0 Å². The summed E-state index contributed by atoms with van der Waals surface area (Å²) in [6.45, 7) is 0.529. The summed E-state index contributed by atoms with van der Waals surface area (Å²) in [6, 6.07) is 17.2. The van der Waals surface area contributed by atoms with E-state index in [2.05, 4.69) is 15.7 Å². The molecule has 2 aromatic rings. The highest BCUT2D eigenvalue weighted by Gasteiger charge is 2.25. The van der Waals surface area contributed by atoms with Crippen molar-refractivity contribution in [1.82, 2.24) is 10.7 Å². The van der Waals surface area contributed by atoms with Crippen LogP contribution in [0.5, 0.6) is 5.75 Å². The van der Waals surface area contributed by atoms with Crippen LogP contribution in [0.15, 0.2) is 59.6 Å². The largest absolute Gasteiger partial charge is 0.489 e. The Bertz CT molecular complexity index is 704. The molecule has 2 aromatic carbocycles. The van der Waals surface area contributed by atoms with Crippen molar-refractivity contribution in [3.05, 3.63) is 65.7 Å². The Balaban J connectivity index is 0.00000208. The molecule has 6 nitrogen and oxygen atoms in total. The number of nitrogens with one attached hydrogen (secondary N) is 2. The van der Waals surface area contributed by atoms with Crippen LogP contribution in [0.1, 0.15) is 11.1 Å². The van der Waals surface area contributed by atoms with Gasteiger partial charge in [0.1, 0.15) is 18.4 Å². The van der Waals surface area contributed by atoms with Gasteiger partial charge in [-0.25, -0.2) is 10.8 Å². The number of carbonyl (C=O) groups is 1. The predicted octanol–water partition coefficient (Wildman–Crippen LogP) is 1.55. The lowest BCUT2D eigenvalue weighted by atomic mass is 10.1. The van der Waals surface area contributed by atoms with E-state index < -0.39 is 6.04 Å². The van der Waals surface area contributed by atoms with Crippen LogP contribution in [-0.4, -0.2) is 17.9 Å². The number of hydrogen-bond donors (Lipinski definition) is 3. The van der Waals surface area contributed by atoms with E-state index in [-0.39, 0.29) is 18.3 Å². The summed E-state index contributed by atoms with van der Waals surface area (Å²) in [5.74, 6) is 6.19. The molecule has 4 N–H and O–H groups in total. The van der Waals surface area contributed by atoms with Gasteiger partial charge in [-0.3, -0.25) is 15.5 Å². The highest BCUT2D eigenvalue weighted by atomic mass is 35.5. The molecule has 0 saturated heterocycles. The molecule has 0 aromatic heterocycles. The summed E-state index contributed by atoms with van der Waals surface area (Å²) in [5.41, 5.74) is 4.48. The molecule has 1 aliphatic heterocycles. The zero-order valence-electron chi connectivity index (χ0n) is 12.9. The molecule has 24 heavy (non-hydrogen) atoms. The fourth-order valence-corrected chi connectivity index (χ4v) is 2.34. The minimum atomic E-state index is -0.447. The summed E-state index contributed by atoms with van der Waals surface area (Å²) < 4.78 is 5.74. The van der Waals surface area contributed by atoms with Gasteiger partial charge < -0.3 is 4.74 Å². The number of benzene rings is 2. The maximum Gasteiger partial charge on any atom is 0.251 e. The van der Waals surface area contributed by atoms with Crippen molar-refractivity contribution in [1.29, 1.82) is 0 Å². The van der Waals surface area contributed by atoms with Gasteiger partial charge in [-0.15, -0.1) is 12.4 Å². The molecule has 3 rings (SSSR count). The van der Waals surface area contributed by atoms with Gasteiger partial charge in [0.05, 0.1) is 0 Å². The summed E-state index contributed by atoms with van der Waals surface area (Å²) in [4.78, 5) is 15.9. The number of rotatable bonds is 5. The van der Waals surface area contributed by atoms with Crippen LogP contribution in [0.3, 0.4) is 0 Å². The van der Waals surface area contributed by atoms with Gasteiger partial charge >= 0.3 is 0 Å². The van der Waals surface area contributed by atoms with Gasteiger partial charge in [-0.2, -0.15) is 0 Å². The number of nitrogens with two attached hydrogens (primary N) is 1. The number of halogens is 1. The van der Waals surface area contributed by atoms with Gasteiger partial charge in [-0.1, -0.05) is 42.5 Å². The topological polar surface area (TPSA) is 88.7 Å². The molecule has 0 bridgehead atoms. The maximum atomic E-state index is 11.7. The summed E-state index contributed by atoms with van der Waals surface area (Å²) in [5, 5.41) is 2.57. The Labute approximate surface area is 146 Å². The van der Waals surface area contributed by atoms with Crippen molar-refractivity contribution in [3.63, 3.8) is 0 Å². The van der Waals surface area contributed by atoms with Gasteiger partial charge in [-0.05, 0) is 23.3 Å². The fraction of sp³-hybridized carbons (Fsp3) is 0.176. The van der Waals surface area contributed by atoms with E-state index in [1.165, 1.54) is 0 Å². The lowest BCUT2D eigenvalue weighted by Gasteiger charge is -2.08. The summed E-state index contributed by atoms with van der Waals surface area (Å²) in [6.07, 6.45) is 0.524. The predicted molar refractivity (Wildman–Crippen MR) is 94.9 cm³/mol. The van der Waals surface area contributed by atoms with Crippen molar-refractivity contribution in [3.8, 4) is 5.75 Å². The van der Waals surface area contributed by atoms with Crippen LogP contribution < -0.4 is 21.3 Å². The van der Waals surface area contributed by atoms with Gasteiger partial charge in [0.25, 0.3) is 5.91 Å². The molecule has 7 heteroatoms. The smallest absolute Gasteiger partial charge is 0.251 e. The summed E-state index contributed by atoms with van der Waals surface area (Å²) in [7, 11) is 0. The fourth-order valence-electron chi connectivity index (χ4n) is 2.34. The number of guanidine groups is 1. The van der Waals surface area contributed by atoms with Crippen LogP contribution in [-0.2, 0) is 17.8 Å². The monoisotopic (exact) mass is 346 g/mol. The molecule has 0 radical (unpaired) electrons. The SMILES string of the molecule is Cl.NNC1=NC(Cc2ccc(OCc3ccccc3)cc2)C(=O)N1. The normalized spacial score (nSPS) is 16.0. The average Bonchev–Trinajstić information content (AvgIpc) is 2.95. The molecule has 1 unspecified atom stereocenters. The molecule has 1 heterocycles. The van der Waals surface area contributed by atoms with Crippen LogP contribution >= 0.6 is 12.4 Å². The number of hydrazine groups is 1. The molecular formula is C17H19ClN4O2. The van der Waals surface area contributed by atoms with Gasteiger partial charge in [0.15, 0.2) is 0 Å². The standard InChI is InChI=1S/C17H18N4O2.ClH/c18-21-17-19-15(16(22)20-17)10-12-6-8-14(9-7-12)23-11-13-4-2-1-3-5-13;/h1-9,15H,10-11,18H2,(H2,19,20,21,22);1H. The third kappa shape index (κ3) is 4.47. The second-order valence-electron chi connectivity index (χ2n) is 5.25. The molecule has 0 fully saturated rings. The highest BCUT2D eigenvalue weighted by Crippen LogP contribution is 2.16. The highest BCUT2D eigenvalue weighted by molar-refractivity contribution is 6.04. The van der Waals surface area contributed by atoms with Crippen LogP contribution in [0.25, 0.3) is 0 Å². The first-order chi connectivity index (χ1) is 11.2. The minimum absolute atomic E-state index is 0. The number of amides is 1.